The van der Waals surface area contributed by atoms with Gasteiger partial charge in [0, 0.05) is 24.0 Å². The quantitative estimate of drug-likeness (QED) is 0.332. The van der Waals surface area contributed by atoms with Crippen LogP contribution in [0.3, 0.4) is 0 Å². The Morgan fingerprint density at radius 3 is 2.30 bits per heavy atom. The number of hydrogen-bond acceptors (Lipinski definition) is 4. The van der Waals surface area contributed by atoms with Gasteiger partial charge in [-0.25, -0.2) is 0 Å². The summed E-state index contributed by atoms with van der Waals surface area (Å²) in [6, 6.07) is 6.96. The number of aromatic nitrogens is 1. The van der Waals surface area contributed by atoms with E-state index in [4.69, 9.17) is 5.41 Å². The minimum atomic E-state index is -0.196. The van der Waals surface area contributed by atoms with Crippen molar-refractivity contribution in [3.63, 3.8) is 0 Å². The van der Waals surface area contributed by atoms with Gasteiger partial charge in [-0.3, -0.25) is 9.36 Å². The summed E-state index contributed by atoms with van der Waals surface area (Å²) in [6.07, 6.45) is 11.0. The van der Waals surface area contributed by atoms with Crippen molar-refractivity contribution in [1.82, 2.24) is 4.57 Å². The maximum atomic E-state index is 12.0. The minimum absolute atomic E-state index is 0.00357. The van der Waals surface area contributed by atoms with Crippen LogP contribution in [0.2, 0.25) is 0 Å². The van der Waals surface area contributed by atoms with Crippen molar-refractivity contribution in [2.45, 2.75) is 58.3 Å². The van der Waals surface area contributed by atoms with Gasteiger partial charge >= 0.3 is 0 Å². The van der Waals surface area contributed by atoms with Crippen LogP contribution in [0.15, 0.2) is 30.5 Å². The van der Waals surface area contributed by atoms with E-state index in [1.54, 1.807) is 24.3 Å². The van der Waals surface area contributed by atoms with Crippen LogP contribution in [0, 0.1) is 5.41 Å². The third kappa shape index (κ3) is 5.88. The molecule has 6 heteroatoms. The Bertz CT molecular complexity index is 751. The van der Waals surface area contributed by atoms with Crippen LogP contribution in [-0.4, -0.2) is 26.9 Å². The molecule has 0 fully saturated rings. The molecule has 146 valence electrons. The summed E-state index contributed by atoms with van der Waals surface area (Å²) >= 11 is 0. The summed E-state index contributed by atoms with van der Waals surface area (Å²) in [6.45, 7) is 2.20. The lowest BCUT2D eigenvalue weighted by atomic mass is 10.1. The fraction of sp³-hybridized carbons (Fsp3) is 0.429. The van der Waals surface area contributed by atoms with Gasteiger partial charge in [0.2, 0.25) is 11.8 Å². The number of amides is 1. The number of aromatic hydroxyl groups is 2. The first kappa shape index (κ1) is 20.6. The average Bonchev–Trinajstić information content (AvgIpc) is 2.95. The van der Waals surface area contributed by atoms with E-state index < -0.39 is 0 Å². The molecule has 0 saturated carbocycles. The van der Waals surface area contributed by atoms with Crippen LogP contribution < -0.4 is 5.32 Å². The lowest BCUT2D eigenvalue weighted by Crippen LogP contribution is -2.11. The molecule has 1 aromatic heterocycles. The molecule has 0 aliphatic rings. The Morgan fingerprint density at radius 2 is 1.70 bits per heavy atom. The number of nitrogens with one attached hydrogen (secondary N) is 2. The van der Waals surface area contributed by atoms with Gasteiger partial charge in [0.25, 0.3) is 0 Å². The van der Waals surface area contributed by atoms with Crippen molar-refractivity contribution in [2.24, 2.45) is 0 Å². The van der Waals surface area contributed by atoms with E-state index in [0.717, 1.165) is 19.1 Å². The molecule has 2 aromatic rings. The summed E-state index contributed by atoms with van der Waals surface area (Å²) in [7, 11) is 0. The molecule has 6 nitrogen and oxygen atoms in total. The predicted molar refractivity (Wildman–Crippen MR) is 108 cm³/mol. The molecule has 1 amide bonds. The minimum Gasteiger partial charge on any atom is -0.506 e. The monoisotopic (exact) mass is 371 g/mol. The molecular formula is C21H29N3O3. The number of nitrogens with zero attached hydrogens (tertiary/aromatic N) is 1. The van der Waals surface area contributed by atoms with Gasteiger partial charge in [-0.05, 0) is 30.7 Å². The number of benzene rings is 1. The Hall–Kier alpha value is -2.76. The number of hydrogen-bond donors (Lipinski definition) is 4. The highest BCUT2D eigenvalue weighted by atomic mass is 16.3. The second-order valence-corrected chi connectivity index (χ2v) is 6.73. The standard InChI is InChI=1S/C21H29N3O3/c1-2-3-4-5-6-7-8-9-20(26)23-16-10-12-17(13-11-16)24-15-19(25)18(14-22)21(24)27/h10-15,22,25,27H,2-9H2,1H3,(H,23,26). The molecule has 0 spiro atoms. The first-order valence-corrected chi connectivity index (χ1v) is 9.60. The Balaban J connectivity index is 1.82. The van der Waals surface area contributed by atoms with E-state index in [1.807, 2.05) is 0 Å². The molecule has 0 unspecified atom stereocenters. The fourth-order valence-electron chi connectivity index (χ4n) is 3.00. The average molecular weight is 371 g/mol. The highest BCUT2D eigenvalue weighted by molar-refractivity contribution is 5.90. The summed E-state index contributed by atoms with van der Waals surface area (Å²) < 4.78 is 1.39. The molecule has 0 saturated heterocycles. The van der Waals surface area contributed by atoms with Gasteiger partial charge in [0.05, 0.1) is 11.8 Å². The predicted octanol–water partition coefficient (Wildman–Crippen LogP) is 4.97. The fourth-order valence-corrected chi connectivity index (χ4v) is 3.00. The summed E-state index contributed by atoms with van der Waals surface area (Å²) in [5.74, 6) is -0.350. The van der Waals surface area contributed by atoms with Gasteiger partial charge < -0.3 is 20.9 Å². The highest BCUT2D eigenvalue weighted by Gasteiger charge is 2.13. The summed E-state index contributed by atoms with van der Waals surface area (Å²) in [4.78, 5) is 12.0. The first-order valence-electron chi connectivity index (χ1n) is 9.60. The normalized spacial score (nSPS) is 10.7. The van der Waals surface area contributed by atoms with Crippen molar-refractivity contribution in [1.29, 1.82) is 5.41 Å². The van der Waals surface area contributed by atoms with E-state index >= 15 is 0 Å². The third-order valence-electron chi connectivity index (χ3n) is 4.58. The van der Waals surface area contributed by atoms with Crippen LogP contribution >= 0.6 is 0 Å². The van der Waals surface area contributed by atoms with E-state index in [2.05, 4.69) is 12.2 Å². The van der Waals surface area contributed by atoms with Crippen LogP contribution in [0.4, 0.5) is 5.69 Å². The largest absolute Gasteiger partial charge is 0.506 e. The van der Waals surface area contributed by atoms with Crippen molar-refractivity contribution in [3.05, 3.63) is 36.0 Å². The molecule has 0 radical (unpaired) electrons. The van der Waals surface area contributed by atoms with Crippen molar-refractivity contribution >= 4 is 17.8 Å². The Kier molecular flexibility index (Phi) is 7.92. The molecule has 4 N–H and O–H groups in total. The lowest BCUT2D eigenvalue weighted by molar-refractivity contribution is -0.116. The summed E-state index contributed by atoms with van der Waals surface area (Å²) in [5, 5.41) is 29.9. The summed E-state index contributed by atoms with van der Waals surface area (Å²) in [5.41, 5.74) is 1.39. The number of carbonyl (C=O) groups is 1. The van der Waals surface area contributed by atoms with Crippen LogP contribution in [-0.2, 0) is 4.79 Å². The van der Waals surface area contributed by atoms with Crippen LogP contribution in [0.25, 0.3) is 5.69 Å². The van der Waals surface area contributed by atoms with Crippen molar-refractivity contribution in [2.75, 3.05) is 5.32 Å². The van der Waals surface area contributed by atoms with Gasteiger partial charge in [0.1, 0.15) is 5.75 Å². The molecule has 2 rings (SSSR count). The van der Waals surface area contributed by atoms with Crippen LogP contribution in [0.5, 0.6) is 11.6 Å². The first-order chi connectivity index (χ1) is 13.1. The number of unbranched alkanes of at least 4 members (excludes halogenated alkanes) is 6. The highest BCUT2D eigenvalue weighted by Crippen LogP contribution is 2.30. The SMILES string of the molecule is CCCCCCCCCC(=O)Nc1ccc(-n2cc(O)c(C=N)c2O)cc1. The Morgan fingerprint density at radius 1 is 1.07 bits per heavy atom. The van der Waals surface area contributed by atoms with E-state index in [0.29, 0.717) is 17.8 Å². The van der Waals surface area contributed by atoms with Gasteiger partial charge in [0.15, 0.2) is 0 Å². The van der Waals surface area contributed by atoms with Crippen molar-refractivity contribution in [3.8, 4) is 17.3 Å². The zero-order valence-electron chi connectivity index (χ0n) is 15.9. The number of carbonyl (C=O) groups excluding carboxylic acids is 1. The molecular weight excluding hydrogens is 342 g/mol. The molecule has 0 aliphatic carbocycles. The molecule has 0 aliphatic heterocycles. The van der Waals surface area contributed by atoms with Crippen LogP contribution in [0.1, 0.15) is 63.9 Å². The van der Waals surface area contributed by atoms with Gasteiger partial charge in [-0.15, -0.1) is 0 Å². The third-order valence-corrected chi connectivity index (χ3v) is 4.58. The maximum absolute atomic E-state index is 12.0. The smallest absolute Gasteiger partial charge is 0.224 e. The number of rotatable bonds is 11. The molecule has 0 atom stereocenters. The van der Waals surface area contributed by atoms with Gasteiger partial charge in [-0.1, -0.05) is 45.4 Å². The Labute approximate surface area is 160 Å². The lowest BCUT2D eigenvalue weighted by Gasteiger charge is -2.08. The van der Waals surface area contributed by atoms with Gasteiger partial charge in [-0.2, -0.15) is 0 Å². The molecule has 1 heterocycles. The zero-order chi connectivity index (χ0) is 19.6. The topological polar surface area (TPSA) is 98.3 Å². The second-order valence-electron chi connectivity index (χ2n) is 6.73. The molecule has 1 aromatic carbocycles. The number of anilines is 1. The van der Waals surface area contributed by atoms with E-state index in [1.165, 1.54) is 42.9 Å². The van der Waals surface area contributed by atoms with E-state index in [-0.39, 0.29) is 23.1 Å². The maximum Gasteiger partial charge on any atom is 0.224 e. The molecule has 27 heavy (non-hydrogen) atoms. The van der Waals surface area contributed by atoms with E-state index in [9.17, 15) is 15.0 Å². The zero-order valence-corrected chi connectivity index (χ0v) is 15.9. The molecule has 0 bridgehead atoms. The van der Waals surface area contributed by atoms with Crippen molar-refractivity contribution < 1.29 is 15.0 Å². The second kappa shape index (κ2) is 10.4.